The highest BCUT2D eigenvalue weighted by atomic mass is 32.1. The number of hydrogen-bond donors (Lipinski definition) is 0. The molecule has 3 nitrogen and oxygen atoms in total. The van der Waals surface area contributed by atoms with Crippen molar-refractivity contribution in [3.05, 3.63) is 132 Å². The lowest BCUT2D eigenvalue weighted by Crippen LogP contribution is -2.02. The van der Waals surface area contributed by atoms with Crippen LogP contribution in [0.1, 0.15) is 16.9 Å². The summed E-state index contributed by atoms with van der Waals surface area (Å²) in [6, 6.07) is 41.5. The van der Waals surface area contributed by atoms with Crippen molar-refractivity contribution < 1.29 is 0 Å². The summed E-state index contributed by atoms with van der Waals surface area (Å²) in [7, 11) is 0. The van der Waals surface area contributed by atoms with Crippen molar-refractivity contribution in [2.45, 2.75) is 12.8 Å². The second-order valence-electron chi connectivity index (χ2n) is 12.4. The van der Waals surface area contributed by atoms with Crippen molar-refractivity contribution in [1.29, 1.82) is 0 Å². The van der Waals surface area contributed by atoms with Gasteiger partial charge in [0.15, 0.2) is 11.6 Å². The molecule has 0 spiro atoms. The largest absolute Gasteiger partial charge is 0.292 e. The molecule has 0 N–H and O–H groups in total. The molecule has 0 saturated carbocycles. The lowest BCUT2D eigenvalue weighted by atomic mass is 9.96. The second-order valence-corrected chi connectivity index (χ2v) is 14.5. The highest BCUT2D eigenvalue weighted by molar-refractivity contribution is 7.26. The summed E-state index contributed by atoms with van der Waals surface area (Å²) in [5.74, 6) is 1.70. The third-order valence-corrected chi connectivity index (χ3v) is 12.3. The maximum absolute atomic E-state index is 5.59. The predicted octanol–water partition coefficient (Wildman–Crippen LogP) is 12.1. The van der Waals surface area contributed by atoms with Gasteiger partial charge in [0.05, 0.1) is 21.3 Å². The number of aromatic nitrogens is 3. The van der Waals surface area contributed by atoms with Gasteiger partial charge in [-0.2, -0.15) is 0 Å². The van der Waals surface area contributed by atoms with E-state index in [1.807, 2.05) is 11.3 Å². The van der Waals surface area contributed by atoms with E-state index in [9.17, 15) is 0 Å². The van der Waals surface area contributed by atoms with E-state index < -0.39 is 0 Å². The van der Waals surface area contributed by atoms with E-state index >= 15 is 0 Å². The van der Waals surface area contributed by atoms with Crippen LogP contribution in [0.25, 0.3) is 97.0 Å². The molecule has 4 heterocycles. The van der Waals surface area contributed by atoms with Crippen LogP contribution in [0.2, 0.25) is 0 Å². The molecule has 0 radical (unpaired) electrons. The van der Waals surface area contributed by atoms with Crippen LogP contribution in [0.15, 0.2) is 121 Å². The number of aryl methyl sites for hydroxylation is 1. The summed E-state index contributed by atoms with van der Waals surface area (Å²) in [4.78, 5) is 12.4. The van der Waals surface area contributed by atoms with Gasteiger partial charge in [-0.15, -0.1) is 22.7 Å². The predicted molar refractivity (Wildman–Crippen MR) is 202 cm³/mol. The third kappa shape index (κ3) is 3.50. The van der Waals surface area contributed by atoms with E-state index in [1.54, 1.807) is 11.3 Å². The Morgan fingerprint density at radius 3 is 2.26 bits per heavy atom. The zero-order valence-corrected chi connectivity index (χ0v) is 26.8. The molecular weight excluding hydrogens is 611 g/mol. The van der Waals surface area contributed by atoms with E-state index in [4.69, 9.17) is 9.97 Å². The Hall–Kier alpha value is -5.36. The Bertz CT molecular complexity index is 2970. The Morgan fingerprint density at radius 2 is 1.34 bits per heavy atom. The normalized spacial score (nSPS) is 13.3. The molecule has 1 aliphatic rings. The molecule has 5 heteroatoms. The molecule has 4 aromatic heterocycles. The van der Waals surface area contributed by atoms with Crippen LogP contribution < -0.4 is 0 Å². The molecule has 0 unspecified atom stereocenters. The van der Waals surface area contributed by atoms with Crippen molar-refractivity contribution >= 4 is 102 Å². The van der Waals surface area contributed by atoms with E-state index in [1.165, 1.54) is 68.6 Å². The van der Waals surface area contributed by atoms with Gasteiger partial charge in [-0.3, -0.25) is 4.57 Å². The molecule has 0 bridgehead atoms. The summed E-state index contributed by atoms with van der Waals surface area (Å²) in [6.07, 6.45) is 6.88. The fourth-order valence-electron chi connectivity index (χ4n) is 7.83. The summed E-state index contributed by atoms with van der Waals surface area (Å²) in [5, 5.41) is 10.0. The zero-order chi connectivity index (χ0) is 30.6. The lowest BCUT2D eigenvalue weighted by Gasteiger charge is -2.14. The summed E-state index contributed by atoms with van der Waals surface area (Å²) < 4.78 is 6.17. The molecule has 11 rings (SSSR count). The van der Waals surface area contributed by atoms with Gasteiger partial charge in [-0.05, 0) is 46.7 Å². The number of nitrogens with zero attached hydrogens (tertiary/aromatic N) is 3. The number of benzene rings is 6. The van der Waals surface area contributed by atoms with E-state index in [-0.39, 0.29) is 0 Å². The van der Waals surface area contributed by atoms with Crippen LogP contribution >= 0.6 is 22.7 Å². The number of para-hydroxylation sites is 1. The average Bonchev–Trinajstić information content (AvgIpc) is 3.81. The Kier molecular flexibility index (Phi) is 5.26. The van der Waals surface area contributed by atoms with Crippen LogP contribution in [-0.2, 0) is 6.42 Å². The average molecular weight is 636 g/mol. The molecule has 10 aromatic rings. The van der Waals surface area contributed by atoms with Gasteiger partial charge in [0.25, 0.3) is 0 Å². The van der Waals surface area contributed by atoms with Gasteiger partial charge in [0.2, 0.25) is 0 Å². The highest BCUT2D eigenvalue weighted by Crippen LogP contribution is 2.49. The van der Waals surface area contributed by atoms with Crippen molar-refractivity contribution in [1.82, 2.24) is 14.5 Å². The first-order valence-electron chi connectivity index (χ1n) is 16.1. The molecular formula is C42H25N3S2. The van der Waals surface area contributed by atoms with Crippen molar-refractivity contribution in [3.8, 4) is 17.2 Å². The van der Waals surface area contributed by atoms with Gasteiger partial charge in [-0.1, -0.05) is 115 Å². The molecule has 0 amide bonds. The number of thiophene rings is 2. The quantitative estimate of drug-likeness (QED) is 0.189. The Balaban J connectivity index is 1.39. The molecule has 6 aromatic carbocycles. The van der Waals surface area contributed by atoms with Crippen LogP contribution in [0.3, 0.4) is 0 Å². The summed E-state index contributed by atoms with van der Waals surface area (Å²) in [5.41, 5.74) is 5.83. The van der Waals surface area contributed by atoms with Gasteiger partial charge in [0.1, 0.15) is 0 Å². The first kappa shape index (κ1) is 25.8. The topological polar surface area (TPSA) is 30.7 Å². The van der Waals surface area contributed by atoms with Crippen LogP contribution in [-0.4, -0.2) is 14.5 Å². The zero-order valence-electron chi connectivity index (χ0n) is 25.2. The molecule has 0 fully saturated rings. The minimum atomic E-state index is 0.753. The summed E-state index contributed by atoms with van der Waals surface area (Å²) >= 11 is 3.77. The molecule has 1 aliphatic carbocycles. The summed E-state index contributed by atoms with van der Waals surface area (Å²) in [6.45, 7) is 0. The maximum atomic E-state index is 5.59. The van der Waals surface area contributed by atoms with E-state index in [0.717, 1.165) is 45.7 Å². The monoisotopic (exact) mass is 635 g/mol. The van der Waals surface area contributed by atoms with Crippen molar-refractivity contribution in [3.63, 3.8) is 0 Å². The van der Waals surface area contributed by atoms with E-state index in [2.05, 4.69) is 132 Å². The molecule has 0 atom stereocenters. The van der Waals surface area contributed by atoms with Gasteiger partial charge >= 0.3 is 0 Å². The second kappa shape index (κ2) is 9.58. The first-order valence-corrected chi connectivity index (χ1v) is 17.7. The van der Waals surface area contributed by atoms with Gasteiger partial charge < -0.3 is 0 Å². The first-order chi connectivity index (χ1) is 23.3. The molecule has 0 saturated heterocycles. The van der Waals surface area contributed by atoms with E-state index in [0.29, 0.717) is 0 Å². The number of allylic oxidation sites excluding steroid dienone is 1. The van der Waals surface area contributed by atoms with Crippen molar-refractivity contribution in [2.75, 3.05) is 0 Å². The van der Waals surface area contributed by atoms with Gasteiger partial charge in [0, 0.05) is 46.8 Å². The number of rotatable bonds is 2. The number of fused-ring (bicyclic) bond motifs is 14. The maximum Gasteiger partial charge on any atom is 0.162 e. The third-order valence-electron chi connectivity index (χ3n) is 9.84. The minimum Gasteiger partial charge on any atom is -0.292 e. The standard InChI is InChI=1S/C42H25N3S2/c1-2-14-25-24(12-1)13-11-20-28(25)41-43-37-31-19-7-10-23-34(31)47-40(37)42(44-41)45-32-21-8-5-17-29(32)35-26-15-3-4-16-27(26)39-36(38(35)45)30-18-6-9-22-33(30)46-39/h1-8,10-21,23H,9,22H2. The highest BCUT2D eigenvalue weighted by Gasteiger charge is 2.26. The smallest absolute Gasteiger partial charge is 0.162 e. The SMILES string of the molecule is C1=Cc2c(sc3c4ccccc4c4c5ccccc5n(-c5nc(-c6cccc7ccccc67)nc6c5sc5ccccc56)c4c23)CC1. The minimum absolute atomic E-state index is 0.753. The fraction of sp³-hybridized carbons (Fsp3) is 0.0476. The van der Waals surface area contributed by atoms with Gasteiger partial charge in [-0.25, -0.2) is 9.97 Å². The lowest BCUT2D eigenvalue weighted by molar-refractivity contribution is 1.02. The van der Waals surface area contributed by atoms with Crippen LogP contribution in [0, 0.1) is 0 Å². The molecule has 0 aliphatic heterocycles. The fourth-order valence-corrected chi connectivity index (χ4v) is 10.3. The van der Waals surface area contributed by atoms with Crippen molar-refractivity contribution in [2.24, 2.45) is 0 Å². The van der Waals surface area contributed by atoms with Crippen LogP contribution in [0.5, 0.6) is 0 Å². The number of hydrogen-bond acceptors (Lipinski definition) is 4. The molecule has 220 valence electrons. The molecule has 47 heavy (non-hydrogen) atoms. The van der Waals surface area contributed by atoms with Crippen LogP contribution in [0.4, 0.5) is 0 Å². The Morgan fingerprint density at radius 1 is 0.596 bits per heavy atom. The Labute approximate surface area is 277 Å².